The molecule has 0 saturated carbocycles. The maximum Gasteiger partial charge on any atom is 0.186 e. The van der Waals surface area contributed by atoms with Gasteiger partial charge in [0.15, 0.2) is 6.29 Å². The van der Waals surface area contributed by atoms with E-state index in [1.165, 1.54) is 19.3 Å². The van der Waals surface area contributed by atoms with Crippen molar-refractivity contribution in [3.8, 4) is 0 Å². The van der Waals surface area contributed by atoms with Crippen LogP contribution in [-0.4, -0.2) is 64.3 Å². The standard InChI is InChI=1S/C14H28O6/c1-2-3-4-5-6-7-8-19-14-13(18)12(17)11(16)10(9-15)20-14/h10-18H,2-9H2,1H3/t10-,11+,12+,13+,14-/m1/s1. The van der Waals surface area contributed by atoms with Crippen LogP contribution in [0.15, 0.2) is 0 Å². The Morgan fingerprint density at radius 3 is 2.20 bits per heavy atom. The Kier molecular flexibility index (Phi) is 8.60. The van der Waals surface area contributed by atoms with Crippen LogP contribution in [0.3, 0.4) is 0 Å². The van der Waals surface area contributed by atoms with Gasteiger partial charge >= 0.3 is 0 Å². The number of aliphatic hydroxyl groups excluding tert-OH is 4. The summed E-state index contributed by atoms with van der Waals surface area (Å²) in [7, 11) is 0. The molecule has 1 saturated heterocycles. The smallest absolute Gasteiger partial charge is 0.186 e. The van der Waals surface area contributed by atoms with Crippen molar-refractivity contribution in [3.05, 3.63) is 0 Å². The Morgan fingerprint density at radius 2 is 1.55 bits per heavy atom. The van der Waals surface area contributed by atoms with Crippen LogP contribution < -0.4 is 0 Å². The van der Waals surface area contributed by atoms with E-state index in [9.17, 15) is 15.3 Å². The second kappa shape index (κ2) is 9.65. The summed E-state index contributed by atoms with van der Waals surface area (Å²) in [6.45, 7) is 2.17. The summed E-state index contributed by atoms with van der Waals surface area (Å²) in [5.41, 5.74) is 0. The Labute approximate surface area is 120 Å². The van der Waals surface area contributed by atoms with Gasteiger partial charge in [-0.1, -0.05) is 39.0 Å². The zero-order valence-electron chi connectivity index (χ0n) is 12.1. The lowest BCUT2D eigenvalue weighted by Gasteiger charge is -2.39. The maximum atomic E-state index is 9.75. The van der Waals surface area contributed by atoms with Crippen LogP contribution in [0, 0.1) is 0 Å². The molecule has 0 amide bonds. The van der Waals surface area contributed by atoms with Crippen molar-refractivity contribution < 1.29 is 29.9 Å². The van der Waals surface area contributed by atoms with Gasteiger partial charge in [-0.15, -0.1) is 0 Å². The highest BCUT2D eigenvalue weighted by molar-refractivity contribution is 4.88. The van der Waals surface area contributed by atoms with Gasteiger partial charge in [0, 0.05) is 6.61 Å². The topological polar surface area (TPSA) is 99.4 Å². The summed E-state index contributed by atoms with van der Waals surface area (Å²) in [6.07, 6.45) is 0.851. The number of hydrogen-bond acceptors (Lipinski definition) is 6. The van der Waals surface area contributed by atoms with Gasteiger partial charge < -0.3 is 29.9 Å². The van der Waals surface area contributed by atoms with Crippen molar-refractivity contribution in [2.75, 3.05) is 13.2 Å². The fraction of sp³-hybridized carbons (Fsp3) is 1.00. The second-order valence-corrected chi connectivity index (χ2v) is 5.34. The summed E-state index contributed by atoms with van der Waals surface area (Å²) in [6, 6.07) is 0. The van der Waals surface area contributed by atoms with Crippen LogP contribution in [0.2, 0.25) is 0 Å². The van der Waals surface area contributed by atoms with Crippen LogP contribution in [-0.2, 0) is 9.47 Å². The van der Waals surface area contributed by atoms with Crippen LogP contribution in [0.25, 0.3) is 0 Å². The van der Waals surface area contributed by atoms with E-state index in [1.807, 2.05) is 0 Å². The molecule has 120 valence electrons. The minimum absolute atomic E-state index is 0.425. The van der Waals surface area contributed by atoms with Crippen molar-refractivity contribution >= 4 is 0 Å². The molecule has 1 fully saturated rings. The van der Waals surface area contributed by atoms with Crippen molar-refractivity contribution in [2.24, 2.45) is 0 Å². The first-order valence-corrected chi connectivity index (χ1v) is 7.54. The molecule has 6 heteroatoms. The van der Waals surface area contributed by atoms with Gasteiger partial charge in [0.05, 0.1) is 6.61 Å². The van der Waals surface area contributed by atoms with Gasteiger partial charge in [0.25, 0.3) is 0 Å². The molecule has 1 heterocycles. The third-order valence-electron chi connectivity index (χ3n) is 3.63. The normalized spacial score (nSPS) is 34.4. The SMILES string of the molecule is CCCCCCCCO[C@@H]1O[C@H](CO)[C@H](O)[C@H](O)[C@@H]1O. The molecule has 0 aliphatic carbocycles. The molecule has 6 nitrogen and oxygen atoms in total. The number of aliphatic hydroxyl groups is 4. The molecule has 1 aliphatic heterocycles. The van der Waals surface area contributed by atoms with Crippen molar-refractivity contribution in [1.29, 1.82) is 0 Å². The first kappa shape index (κ1) is 17.8. The molecule has 4 N–H and O–H groups in total. The molecule has 0 aromatic heterocycles. The van der Waals surface area contributed by atoms with Crippen LogP contribution in [0.1, 0.15) is 45.4 Å². The zero-order valence-corrected chi connectivity index (χ0v) is 12.1. The van der Waals surface area contributed by atoms with Crippen molar-refractivity contribution in [2.45, 2.75) is 76.2 Å². The summed E-state index contributed by atoms with van der Waals surface area (Å²) >= 11 is 0. The lowest BCUT2D eigenvalue weighted by atomic mass is 9.99. The van der Waals surface area contributed by atoms with E-state index in [-0.39, 0.29) is 0 Å². The number of rotatable bonds is 9. The fourth-order valence-electron chi connectivity index (χ4n) is 2.29. The van der Waals surface area contributed by atoms with E-state index in [4.69, 9.17) is 14.6 Å². The van der Waals surface area contributed by atoms with Gasteiger partial charge in [-0.2, -0.15) is 0 Å². The quantitative estimate of drug-likeness (QED) is 0.452. The fourth-order valence-corrected chi connectivity index (χ4v) is 2.29. The highest BCUT2D eigenvalue weighted by Gasteiger charge is 2.43. The third kappa shape index (κ3) is 5.27. The predicted octanol–water partition coefficient (Wildman–Crippen LogP) is 0.163. The van der Waals surface area contributed by atoms with Crippen LogP contribution >= 0.6 is 0 Å². The Morgan fingerprint density at radius 1 is 0.900 bits per heavy atom. The van der Waals surface area contributed by atoms with E-state index in [1.54, 1.807) is 0 Å². The predicted molar refractivity (Wildman–Crippen MR) is 73.1 cm³/mol. The summed E-state index contributed by atoms with van der Waals surface area (Å²) in [5.74, 6) is 0. The minimum atomic E-state index is -1.37. The van der Waals surface area contributed by atoms with E-state index in [0.717, 1.165) is 19.3 Å². The van der Waals surface area contributed by atoms with E-state index in [2.05, 4.69) is 6.92 Å². The molecule has 1 aliphatic rings. The Balaban J connectivity index is 2.21. The van der Waals surface area contributed by atoms with Gasteiger partial charge in [0.1, 0.15) is 24.4 Å². The van der Waals surface area contributed by atoms with E-state index >= 15 is 0 Å². The molecule has 5 atom stereocenters. The number of ether oxygens (including phenoxy) is 2. The van der Waals surface area contributed by atoms with Gasteiger partial charge in [-0.3, -0.25) is 0 Å². The van der Waals surface area contributed by atoms with Crippen LogP contribution in [0.4, 0.5) is 0 Å². The van der Waals surface area contributed by atoms with Crippen molar-refractivity contribution in [3.63, 3.8) is 0 Å². The molecular weight excluding hydrogens is 264 g/mol. The lowest BCUT2D eigenvalue weighted by Crippen LogP contribution is -2.59. The zero-order chi connectivity index (χ0) is 15.0. The molecule has 0 unspecified atom stereocenters. The van der Waals surface area contributed by atoms with Crippen LogP contribution in [0.5, 0.6) is 0 Å². The summed E-state index contributed by atoms with van der Waals surface area (Å²) in [4.78, 5) is 0. The average molecular weight is 292 g/mol. The highest BCUT2D eigenvalue weighted by Crippen LogP contribution is 2.22. The molecular formula is C14H28O6. The first-order valence-electron chi connectivity index (χ1n) is 7.54. The number of hydrogen-bond donors (Lipinski definition) is 4. The van der Waals surface area contributed by atoms with Gasteiger partial charge in [-0.25, -0.2) is 0 Å². The van der Waals surface area contributed by atoms with Crippen molar-refractivity contribution in [1.82, 2.24) is 0 Å². The van der Waals surface area contributed by atoms with Gasteiger partial charge in [-0.05, 0) is 6.42 Å². The second-order valence-electron chi connectivity index (χ2n) is 5.34. The monoisotopic (exact) mass is 292 g/mol. The average Bonchev–Trinajstić information content (AvgIpc) is 2.46. The summed E-state index contributed by atoms with van der Waals surface area (Å²) in [5, 5.41) is 38.0. The molecule has 0 bridgehead atoms. The van der Waals surface area contributed by atoms with E-state index in [0.29, 0.717) is 6.61 Å². The molecule has 1 rings (SSSR count). The third-order valence-corrected chi connectivity index (χ3v) is 3.63. The largest absolute Gasteiger partial charge is 0.394 e. The minimum Gasteiger partial charge on any atom is -0.394 e. The van der Waals surface area contributed by atoms with E-state index < -0.39 is 37.3 Å². The molecule has 0 aromatic carbocycles. The Hall–Kier alpha value is -0.240. The molecule has 20 heavy (non-hydrogen) atoms. The number of unbranched alkanes of at least 4 members (excludes halogenated alkanes) is 5. The highest BCUT2D eigenvalue weighted by atomic mass is 16.7. The lowest BCUT2D eigenvalue weighted by molar-refractivity contribution is -0.301. The van der Waals surface area contributed by atoms with Gasteiger partial charge in [0.2, 0.25) is 0 Å². The molecule has 0 spiro atoms. The maximum absolute atomic E-state index is 9.75. The molecule has 0 radical (unpaired) electrons. The molecule has 0 aromatic rings. The first-order chi connectivity index (χ1) is 9.61. The summed E-state index contributed by atoms with van der Waals surface area (Å²) < 4.78 is 10.6. The Bertz CT molecular complexity index is 248.